The van der Waals surface area contributed by atoms with Crippen molar-refractivity contribution in [3.8, 4) is 51.8 Å². The van der Waals surface area contributed by atoms with E-state index in [1.54, 1.807) is 0 Å². The van der Waals surface area contributed by atoms with Crippen molar-refractivity contribution in [3.63, 3.8) is 0 Å². The molecule has 0 N–H and O–H groups in total. The molecule has 1 unspecified atom stereocenters. The normalized spacial score (nSPS) is 14.5. The molecule has 7 aromatic rings. The van der Waals surface area contributed by atoms with E-state index in [2.05, 4.69) is 112 Å². The number of hydrogen-bond donors (Lipinski definition) is 0. The highest BCUT2D eigenvalue weighted by molar-refractivity contribution is 6.10. The van der Waals surface area contributed by atoms with Gasteiger partial charge in [0.2, 0.25) is 0 Å². The maximum Gasteiger partial charge on any atom is 0.101 e. The molecule has 5 heteroatoms. The minimum absolute atomic E-state index is 0.117. The highest BCUT2D eigenvalue weighted by Crippen LogP contribution is 2.41. The lowest BCUT2D eigenvalue weighted by molar-refractivity contribution is 0.794. The smallest absolute Gasteiger partial charge is 0.101 e. The van der Waals surface area contributed by atoms with Crippen LogP contribution >= 0.6 is 0 Å². The fourth-order valence-corrected chi connectivity index (χ4v) is 7.94. The second kappa shape index (κ2) is 11.7. The molecule has 5 nitrogen and oxygen atoms in total. The zero-order valence-corrected chi connectivity index (χ0v) is 27.1. The molecule has 9 rings (SSSR count). The van der Waals surface area contributed by atoms with Crippen molar-refractivity contribution in [2.24, 2.45) is 5.92 Å². The summed E-state index contributed by atoms with van der Waals surface area (Å²) in [5, 5.41) is 32.1. The zero-order chi connectivity index (χ0) is 33.8. The summed E-state index contributed by atoms with van der Waals surface area (Å²) < 4.78 is 4.51. The molecule has 0 amide bonds. The van der Waals surface area contributed by atoms with Gasteiger partial charge in [-0.2, -0.15) is 15.8 Å². The van der Waals surface area contributed by atoms with Gasteiger partial charge in [-0.3, -0.25) is 0 Å². The van der Waals surface area contributed by atoms with Gasteiger partial charge >= 0.3 is 0 Å². The number of allylic oxidation sites excluding steroid dienone is 2. The van der Waals surface area contributed by atoms with Crippen molar-refractivity contribution in [1.29, 1.82) is 15.8 Å². The molecule has 5 aromatic carbocycles. The van der Waals surface area contributed by atoms with Crippen molar-refractivity contribution >= 4 is 34.0 Å². The fourth-order valence-electron chi connectivity index (χ4n) is 7.94. The standard InChI is InChI=1S/C45H29N5/c46-26-29-16-21-44-40(24-29)38-11-3-6-15-43(38)50(44)41-13-4-1-9-36(41)34-23-30(27-47)22-33(25-34)31-17-19-35(20-18-31)49-42-14-5-2-10-37(42)39-12-7-8-32(28-48)45(39)49/h1-2,4-10,12-23,25,29H,3,11,24H2. The third kappa shape index (κ3) is 4.51. The zero-order valence-electron chi connectivity index (χ0n) is 27.1. The largest absolute Gasteiger partial charge is 0.309 e. The third-order valence-electron chi connectivity index (χ3n) is 10.2. The Labute approximate surface area is 290 Å². The van der Waals surface area contributed by atoms with Gasteiger partial charge in [0, 0.05) is 33.4 Å². The van der Waals surface area contributed by atoms with Crippen LogP contribution in [-0.4, -0.2) is 9.13 Å². The Kier molecular flexibility index (Phi) is 6.84. The Morgan fingerprint density at radius 3 is 2.26 bits per heavy atom. The Balaban J connectivity index is 1.17. The van der Waals surface area contributed by atoms with E-state index in [-0.39, 0.29) is 5.92 Å². The first kappa shape index (κ1) is 29.3. The molecule has 2 aromatic heterocycles. The van der Waals surface area contributed by atoms with Crippen LogP contribution in [0.15, 0.2) is 121 Å². The number of para-hydroxylation sites is 3. The molecule has 0 aliphatic heterocycles. The summed E-state index contributed by atoms with van der Waals surface area (Å²) in [4.78, 5) is 0. The van der Waals surface area contributed by atoms with E-state index in [0.29, 0.717) is 11.1 Å². The summed E-state index contributed by atoms with van der Waals surface area (Å²) in [5.41, 5.74) is 14.0. The number of hydrogen-bond acceptors (Lipinski definition) is 3. The first-order chi connectivity index (χ1) is 24.7. The summed E-state index contributed by atoms with van der Waals surface area (Å²) in [6, 6.07) is 44.2. The van der Waals surface area contributed by atoms with Crippen molar-refractivity contribution < 1.29 is 0 Å². The minimum atomic E-state index is -0.117. The first-order valence-corrected chi connectivity index (χ1v) is 16.9. The van der Waals surface area contributed by atoms with Crippen molar-refractivity contribution in [2.45, 2.75) is 19.3 Å². The van der Waals surface area contributed by atoms with Crippen LogP contribution in [0, 0.1) is 39.9 Å². The summed E-state index contributed by atoms with van der Waals surface area (Å²) >= 11 is 0. The van der Waals surface area contributed by atoms with Gasteiger partial charge < -0.3 is 9.13 Å². The number of fused-ring (bicyclic) bond motifs is 6. The Bertz CT molecular complexity index is 2710. The monoisotopic (exact) mass is 639 g/mol. The molecule has 50 heavy (non-hydrogen) atoms. The van der Waals surface area contributed by atoms with Crippen LogP contribution in [0.3, 0.4) is 0 Å². The van der Waals surface area contributed by atoms with E-state index < -0.39 is 0 Å². The quantitative estimate of drug-likeness (QED) is 0.192. The maximum atomic E-state index is 10.2. The van der Waals surface area contributed by atoms with Gasteiger partial charge in [0.25, 0.3) is 0 Å². The Hall–Kier alpha value is -6.87. The van der Waals surface area contributed by atoms with Crippen LogP contribution in [0.5, 0.6) is 0 Å². The molecule has 0 radical (unpaired) electrons. The number of nitrogens with zero attached hydrogens (tertiary/aromatic N) is 5. The number of benzene rings is 5. The molecule has 0 fully saturated rings. The topological polar surface area (TPSA) is 81.2 Å². The Morgan fingerprint density at radius 2 is 1.42 bits per heavy atom. The average Bonchev–Trinajstić information content (AvgIpc) is 3.70. The lowest BCUT2D eigenvalue weighted by Crippen LogP contribution is -2.08. The lowest BCUT2D eigenvalue weighted by atomic mass is 9.89. The molecule has 0 saturated carbocycles. The number of aromatic nitrogens is 2. The highest BCUT2D eigenvalue weighted by atomic mass is 15.0. The van der Waals surface area contributed by atoms with Crippen LogP contribution in [0.25, 0.3) is 67.6 Å². The van der Waals surface area contributed by atoms with Gasteiger partial charge in [-0.05, 0) is 108 Å². The first-order valence-electron chi connectivity index (χ1n) is 16.9. The van der Waals surface area contributed by atoms with E-state index in [4.69, 9.17) is 0 Å². The second-order valence-corrected chi connectivity index (χ2v) is 12.9. The summed E-state index contributed by atoms with van der Waals surface area (Å²) in [6.07, 6.45) is 11.3. The summed E-state index contributed by atoms with van der Waals surface area (Å²) in [7, 11) is 0. The van der Waals surface area contributed by atoms with E-state index in [9.17, 15) is 15.8 Å². The van der Waals surface area contributed by atoms with E-state index in [0.717, 1.165) is 80.4 Å². The molecule has 0 bridgehead atoms. The van der Waals surface area contributed by atoms with Crippen molar-refractivity contribution in [3.05, 3.63) is 155 Å². The van der Waals surface area contributed by atoms with E-state index >= 15 is 0 Å². The van der Waals surface area contributed by atoms with E-state index in [1.807, 2.05) is 48.5 Å². The minimum Gasteiger partial charge on any atom is -0.309 e. The van der Waals surface area contributed by atoms with Crippen molar-refractivity contribution in [2.75, 3.05) is 0 Å². The van der Waals surface area contributed by atoms with Crippen LogP contribution in [0.2, 0.25) is 0 Å². The molecule has 2 aliphatic rings. The SMILES string of the molecule is N#Cc1cc(-c2ccc(-n3c4ccccc4c4cccc(C#N)c43)cc2)cc(-c2ccccc2-n2c3c(c4c2C=CC(C#N)C4)CCC=C3)c1. The van der Waals surface area contributed by atoms with E-state index in [1.165, 1.54) is 16.8 Å². The van der Waals surface area contributed by atoms with Crippen LogP contribution in [0.1, 0.15) is 40.1 Å². The molecule has 0 saturated heterocycles. The maximum absolute atomic E-state index is 10.2. The average molecular weight is 640 g/mol. The predicted molar refractivity (Wildman–Crippen MR) is 200 cm³/mol. The summed E-state index contributed by atoms with van der Waals surface area (Å²) in [6.45, 7) is 0. The molecular formula is C45H29N5. The van der Waals surface area contributed by atoms with Crippen LogP contribution in [-0.2, 0) is 12.8 Å². The lowest BCUT2D eigenvalue weighted by Gasteiger charge is -2.19. The van der Waals surface area contributed by atoms with Crippen LogP contribution in [0.4, 0.5) is 0 Å². The van der Waals surface area contributed by atoms with Gasteiger partial charge in [0.1, 0.15) is 6.07 Å². The second-order valence-electron chi connectivity index (χ2n) is 12.9. The molecule has 1 atom stereocenters. The van der Waals surface area contributed by atoms with Gasteiger partial charge in [-0.15, -0.1) is 0 Å². The predicted octanol–water partition coefficient (Wildman–Crippen LogP) is 10.3. The van der Waals surface area contributed by atoms with Gasteiger partial charge in [0.15, 0.2) is 0 Å². The number of rotatable bonds is 4. The van der Waals surface area contributed by atoms with Crippen molar-refractivity contribution in [1.82, 2.24) is 9.13 Å². The van der Waals surface area contributed by atoms with Gasteiger partial charge in [-0.1, -0.05) is 72.8 Å². The fraction of sp³-hybridized carbons (Fsp3) is 0.0889. The van der Waals surface area contributed by atoms with Gasteiger partial charge in [0.05, 0.1) is 45.9 Å². The van der Waals surface area contributed by atoms with Crippen LogP contribution < -0.4 is 0 Å². The third-order valence-corrected chi connectivity index (χ3v) is 10.2. The highest BCUT2D eigenvalue weighted by Gasteiger charge is 2.27. The molecule has 234 valence electrons. The Morgan fingerprint density at radius 1 is 0.640 bits per heavy atom. The molecule has 2 heterocycles. The summed E-state index contributed by atoms with van der Waals surface area (Å²) in [5.74, 6) is -0.117. The van der Waals surface area contributed by atoms with Gasteiger partial charge in [-0.25, -0.2) is 0 Å². The molecule has 2 aliphatic carbocycles. The molecule has 0 spiro atoms. The number of nitriles is 3. The molecular weight excluding hydrogens is 611 g/mol.